The summed E-state index contributed by atoms with van der Waals surface area (Å²) in [6.45, 7) is 4.36. The van der Waals surface area contributed by atoms with Gasteiger partial charge in [0.15, 0.2) is 17.3 Å². The average Bonchev–Trinajstić information content (AvgIpc) is 2.88. The lowest BCUT2D eigenvalue weighted by Gasteiger charge is -2.30. The number of carbonyl (C=O) groups excluding carboxylic acids is 1. The first kappa shape index (κ1) is 23.3. The molecule has 0 saturated carbocycles. The van der Waals surface area contributed by atoms with E-state index in [0.29, 0.717) is 17.2 Å². The highest BCUT2D eigenvalue weighted by Gasteiger charge is 2.17. The second kappa shape index (κ2) is 10.8. The molecule has 1 aliphatic heterocycles. The number of ether oxygens (including phenoxy) is 2. The van der Waals surface area contributed by atoms with E-state index >= 15 is 0 Å². The molecule has 7 heteroatoms. The molecule has 34 heavy (non-hydrogen) atoms. The minimum Gasteiger partial charge on any atom is -0.493 e. The van der Waals surface area contributed by atoms with Crippen LogP contribution >= 0.6 is 0 Å². The van der Waals surface area contributed by atoms with Gasteiger partial charge in [-0.2, -0.15) is 0 Å². The Morgan fingerprint density at radius 2 is 1.71 bits per heavy atom. The number of rotatable bonds is 7. The van der Waals surface area contributed by atoms with Crippen LogP contribution in [0.3, 0.4) is 0 Å². The molecule has 4 rings (SSSR count). The number of hydrogen-bond donors (Lipinski definition) is 1. The first-order valence-corrected chi connectivity index (χ1v) is 11.5. The van der Waals surface area contributed by atoms with Gasteiger partial charge < -0.3 is 19.7 Å². The van der Waals surface area contributed by atoms with Crippen LogP contribution in [-0.2, 0) is 4.79 Å². The zero-order valence-corrected chi connectivity index (χ0v) is 19.8. The maximum absolute atomic E-state index is 12.3. The molecular formula is C27H30N4O3. The van der Waals surface area contributed by atoms with Gasteiger partial charge in [0, 0.05) is 30.4 Å². The van der Waals surface area contributed by atoms with Crippen molar-refractivity contribution in [1.82, 2.24) is 10.2 Å². The van der Waals surface area contributed by atoms with Crippen LogP contribution in [0.25, 0.3) is 17.3 Å². The van der Waals surface area contributed by atoms with E-state index in [2.05, 4.69) is 27.3 Å². The van der Waals surface area contributed by atoms with E-state index in [9.17, 15) is 4.79 Å². The fourth-order valence-electron chi connectivity index (χ4n) is 3.92. The molecule has 1 amide bonds. The van der Waals surface area contributed by atoms with E-state index in [0.717, 1.165) is 41.6 Å². The topological polar surface area (TPSA) is 76.6 Å². The third kappa shape index (κ3) is 5.73. The molecule has 2 aromatic carbocycles. The normalized spacial score (nSPS) is 14.3. The molecule has 0 atom stereocenters. The molecule has 176 valence electrons. The number of methoxy groups -OCH3 is 2. The number of aromatic nitrogens is 2. The Hall–Kier alpha value is -3.87. The lowest BCUT2D eigenvalue weighted by Crippen LogP contribution is -2.33. The highest BCUT2D eigenvalue weighted by molar-refractivity contribution is 6.02. The van der Waals surface area contributed by atoms with Crippen LogP contribution in [0.1, 0.15) is 25.3 Å². The van der Waals surface area contributed by atoms with E-state index < -0.39 is 0 Å². The number of piperidine rings is 1. The van der Waals surface area contributed by atoms with Crippen molar-refractivity contribution in [3.05, 3.63) is 66.2 Å². The third-order valence-corrected chi connectivity index (χ3v) is 6.04. The van der Waals surface area contributed by atoms with Crippen molar-refractivity contribution in [2.75, 3.05) is 37.5 Å². The molecule has 0 unspecified atom stereocenters. The van der Waals surface area contributed by atoms with Crippen LogP contribution in [0.4, 0.5) is 11.5 Å². The third-order valence-electron chi connectivity index (χ3n) is 6.04. The molecule has 1 N–H and O–H groups in total. The Labute approximate surface area is 200 Å². The number of amides is 1. The number of anilines is 2. The maximum atomic E-state index is 12.3. The monoisotopic (exact) mass is 458 g/mol. The van der Waals surface area contributed by atoms with Crippen molar-refractivity contribution in [3.8, 4) is 22.8 Å². The predicted octanol–water partition coefficient (Wildman–Crippen LogP) is 5.05. The fourth-order valence-corrected chi connectivity index (χ4v) is 3.92. The lowest BCUT2D eigenvalue weighted by molar-refractivity contribution is -0.111. The highest BCUT2D eigenvalue weighted by atomic mass is 16.5. The summed E-state index contributed by atoms with van der Waals surface area (Å²) < 4.78 is 10.5. The molecule has 2 heterocycles. The Morgan fingerprint density at radius 1 is 0.971 bits per heavy atom. The Bertz CT molecular complexity index is 1140. The number of benzene rings is 2. The molecule has 1 saturated heterocycles. The Kier molecular flexibility index (Phi) is 7.42. The molecule has 7 nitrogen and oxygen atoms in total. The molecule has 0 aliphatic carbocycles. The van der Waals surface area contributed by atoms with Crippen molar-refractivity contribution in [3.63, 3.8) is 0 Å². The van der Waals surface area contributed by atoms with E-state index in [1.54, 1.807) is 26.4 Å². The standard InChI is InChI=1S/C27H30N4O3/c1-19-14-16-31(17-15-19)26-12-10-23(29-30-26)21-6-8-22(9-7-21)28-27(32)13-5-20-4-11-24(33-2)25(18-20)34-3/h4-13,18-19H,14-17H2,1-3H3,(H,28,32)/b13-5+. The number of nitrogens with zero attached hydrogens (tertiary/aromatic N) is 3. The van der Waals surface area contributed by atoms with Gasteiger partial charge in [0.05, 0.1) is 19.9 Å². The van der Waals surface area contributed by atoms with Crippen LogP contribution < -0.4 is 19.7 Å². The van der Waals surface area contributed by atoms with Crippen LogP contribution in [-0.4, -0.2) is 43.4 Å². The summed E-state index contributed by atoms with van der Waals surface area (Å²) in [7, 11) is 3.17. The summed E-state index contributed by atoms with van der Waals surface area (Å²) in [5.74, 6) is 2.75. The smallest absolute Gasteiger partial charge is 0.248 e. The van der Waals surface area contributed by atoms with Gasteiger partial charge in [-0.3, -0.25) is 4.79 Å². The SMILES string of the molecule is COc1ccc(/C=C/C(=O)Nc2ccc(-c3ccc(N4CCC(C)CC4)nn3)cc2)cc1OC. The van der Waals surface area contributed by atoms with Crippen molar-refractivity contribution in [1.29, 1.82) is 0 Å². The zero-order chi connectivity index (χ0) is 23.9. The summed E-state index contributed by atoms with van der Waals surface area (Å²) in [6.07, 6.45) is 5.60. The first-order chi connectivity index (χ1) is 16.6. The van der Waals surface area contributed by atoms with Gasteiger partial charge in [0.2, 0.25) is 5.91 Å². The Morgan fingerprint density at radius 3 is 2.35 bits per heavy atom. The number of carbonyl (C=O) groups is 1. The molecule has 0 bridgehead atoms. The zero-order valence-electron chi connectivity index (χ0n) is 19.8. The van der Waals surface area contributed by atoms with Crippen molar-refractivity contribution >= 4 is 23.5 Å². The van der Waals surface area contributed by atoms with E-state index in [1.165, 1.54) is 18.9 Å². The fraction of sp³-hybridized carbons (Fsp3) is 0.296. The minimum atomic E-state index is -0.220. The van der Waals surface area contributed by atoms with Gasteiger partial charge in [-0.05, 0) is 66.8 Å². The molecule has 3 aromatic rings. The molecule has 1 aliphatic rings. The van der Waals surface area contributed by atoms with Crippen molar-refractivity contribution < 1.29 is 14.3 Å². The average molecular weight is 459 g/mol. The lowest BCUT2D eigenvalue weighted by atomic mass is 9.99. The quantitative estimate of drug-likeness (QED) is 0.500. The second-order valence-electron chi connectivity index (χ2n) is 8.46. The summed E-state index contributed by atoms with van der Waals surface area (Å²) in [4.78, 5) is 14.6. The van der Waals surface area contributed by atoms with Gasteiger partial charge in [0.25, 0.3) is 0 Å². The number of nitrogens with one attached hydrogen (secondary N) is 1. The summed E-state index contributed by atoms with van der Waals surface area (Å²) in [5.41, 5.74) is 3.30. The van der Waals surface area contributed by atoms with Gasteiger partial charge in [-0.15, -0.1) is 10.2 Å². The summed E-state index contributed by atoms with van der Waals surface area (Å²) >= 11 is 0. The van der Waals surface area contributed by atoms with E-state index in [-0.39, 0.29) is 5.91 Å². The molecular weight excluding hydrogens is 428 g/mol. The maximum Gasteiger partial charge on any atom is 0.248 e. The van der Waals surface area contributed by atoms with Crippen molar-refractivity contribution in [2.24, 2.45) is 5.92 Å². The minimum absolute atomic E-state index is 0.220. The van der Waals surface area contributed by atoms with Crippen LogP contribution in [0, 0.1) is 5.92 Å². The molecule has 0 spiro atoms. The largest absolute Gasteiger partial charge is 0.493 e. The first-order valence-electron chi connectivity index (χ1n) is 11.5. The highest BCUT2D eigenvalue weighted by Crippen LogP contribution is 2.28. The summed E-state index contributed by atoms with van der Waals surface area (Å²) in [5, 5.41) is 11.7. The van der Waals surface area contributed by atoms with E-state index in [4.69, 9.17) is 9.47 Å². The van der Waals surface area contributed by atoms with Gasteiger partial charge in [-0.25, -0.2) is 0 Å². The van der Waals surface area contributed by atoms with Crippen LogP contribution in [0.5, 0.6) is 11.5 Å². The predicted molar refractivity (Wildman–Crippen MR) is 135 cm³/mol. The molecule has 0 radical (unpaired) electrons. The van der Waals surface area contributed by atoms with Crippen molar-refractivity contribution in [2.45, 2.75) is 19.8 Å². The number of hydrogen-bond acceptors (Lipinski definition) is 6. The Balaban J connectivity index is 1.35. The van der Waals surface area contributed by atoms with Crippen LogP contribution in [0.15, 0.2) is 60.7 Å². The summed E-state index contributed by atoms with van der Waals surface area (Å²) in [6, 6.07) is 17.1. The van der Waals surface area contributed by atoms with Gasteiger partial charge in [-0.1, -0.05) is 25.1 Å². The molecule has 1 aromatic heterocycles. The van der Waals surface area contributed by atoms with Gasteiger partial charge in [0.1, 0.15) is 0 Å². The molecule has 1 fully saturated rings. The van der Waals surface area contributed by atoms with Crippen LogP contribution in [0.2, 0.25) is 0 Å². The second-order valence-corrected chi connectivity index (χ2v) is 8.46. The van der Waals surface area contributed by atoms with E-state index in [1.807, 2.05) is 48.5 Å². The van der Waals surface area contributed by atoms with Gasteiger partial charge >= 0.3 is 0 Å².